The molecule has 0 amide bonds. The highest BCUT2D eigenvalue weighted by atomic mass is 79.9. The summed E-state index contributed by atoms with van der Waals surface area (Å²) in [6.07, 6.45) is 2.76. The molecule has 0 radical (unpaired) electrons. The van der Waals surface area contributed by atoms with E-state index in [1.54, 1.807) is 19.2 Å². The van der Waals surface area contributed by atoms with E-state index in [2.05, 4.69) is 21.4 Å². The Bertz CT molecular complexity index is 448. The van der Waals surface area contributed by atoms with Gasteiger partial charge >= 0.3 is 0 Å². The second-order valence-corrected chi connectivity index (χ2v) is 5.72. The third-order valence-electron chi connectivity index (χ3n) is 3.68. The Morgan fingerprint density at radius 2 is 2.22 bits per heavy atom. The molecule has 6 heteroatoms. The second kappa shape index (κ2) is 5.43. The summed E-state index contributed by atoms with van der Waals surface area (Å²) in [5.41, 5.74) is 2.66. The number of methoxy groups -OCH3 is 1. The molecular weight excluding hydrogens is 323 g/mol. The summed E-state index contributed by atoms with van der Waals surface area (Å²) in [5, 5.41) is 0.0679. The number of hydrazine groups is 1. The van der Waals surface area contributed by atoms with E-state index in [1.165, 1.54) is 0 Å². The predicted octanol–water partition coefficient (Wildman–Crippen LogP) is 3.32. The number of benzene rings is 1. The topological polar surface area (TPSA) is 47.3 Å². The molecular formula is C12H15BrClFN2O. The molecule has 0 aliphatic heterocycles. The van der Waals surface area contributed by atoms with Crippen molar-refractivity contribution in [3.05, 3.63) is 33.0 Å². The summed E-state index contributed by atoms with van der Waals surface area (Å²) in [6.45, 7) is 0. The van der Waals surface area contributed by atoms with Gasteiger partial charge in [-0.1, -0.05) is 17.7 Å². The van der Waals surface area contributed by atoms with Gasteiger partial charge in [0.05, 0.1) is 16.7 Å². The number of nitrogens with one attached hydrogen (secondary N) is 1. The molecule has 1 aromatic carbocycles. The van der Waals surface area contributed by atoms with E-state index >= 15 is 0 Å². The minimum absolute atomic E-state index is 0.0679. The molecule has 3 N–H and O–H groups in total. The Morgan fingerprint density at radius 3 is 2.67 bits per heavy atom. The van der Waals surface area contributed by atoms with E-state index in [-0.39, 0.29) is 5.02 Å². The van der Waals surface area contributed by atoms with Crippen molar-refractivity contribution in [2.75, 3.05) is 7.11 Å². The first kappa shape index (κ1) is 14.2. The summed E-state index contributed by atoms with van der Waals surface area (Å²) in [5.74, 6) is 5.12. The van der Waals surface area contributed by atoms with Crippen LogP contribution in [0.15, 0.2) is 16.6 Å². The molecule has 0 saturated heterocycles. The first-order chi connectivity index (χ1) is 8.55. The van der Waals surface area contributed by atoms with Gasteiger partial charge in [0.25, 0.3) is 0 Å². The van der Waals surface area contributed by atoms with Gasteiger partial charge in [-0.05, 0) is 41.3 Å². The van der Waals surface area contributed by atoms with Gasteiger partial charge in [-0.15, -0.1) is 0 Å². The average molecular weight is 338 g/mol. The largest absolute Gasteiger partial charge is 0.376 e. The maximum Gasteiger partial charge on any atom is 0.147 e. The van der Waals surface area contributed by atoms with Crippen LogP contribution in [0.3, 0.4) is 0 Å². The highest BCUT2D eigenvalue weighted by molar-refractivity contribution is 9.10. The summed E-state index contributed by atoms with van der Waals surface area (Å²) in [6, 6.07) is 2.99. The van der Waals surface area contributed by atoms with Gasteiger partial charge < -0.3 is 4.74 Å². The van der Waals surface area contributed by atoms with E-state index in [0.717, 1.165) is 19.3 Å². The highest BCUT2D eigenvalue weighted by Gasteiger charge is 2.46. The lowest BCUT2D eigenvalue weighted by molar-refractivity contribution is -0.101. The molecule has 2 rings (SSSR count). The van der Waals surface area contributed by atoms with E-state index in [1.807, 2.05) is 0 Å². The Balaban J connectivity index is 2.42. The SMILES string of the molecule is COC1(C(NN)c2ccc(Br)c(Cl)c2F)CCC1. The van der Waals surface area contributed by atoms with Crippen LogP contribution in [-0.4, -0.2) is 12.7 Å². The van der Waals surface area contributed by atoms with Gasteiger partial charge in [0.2, 0.25) is 0 Å². The van der Waals surface area contributed by atoms with E-state index in [0.29, 0.717) is 10.0 Å². The first-order valence-corrected chi connectivity index (χ1v) is 6.87. The number of hydrogen-bond donors (Lipinski definition) is 2. The Hall–Kier alpha value is -0.200. The standard InChI is InChI=1S/C12H15BrClFN2O/c1-18-12(5-2-6-12)11(17-16)7-3-4-8(13)9(14)10(7)15/h3-4,11,17H,2,5-6,16H2,1H3. The maximum atomic E-state index is 14.2. The van der Waals surface area contributed by atoms with Crippen LogP contribution in [0.2, 0.25) is 5.02 Å². The van der Waals surface area contributed by atoms with Crippen molar-refractivity contribution in [3.63, 3.8) is 0 Å². The molecule has 1 saturated carbocycles. The fourth-order valence-corrected chi connectivity index (χ4v) is 2.90. The molecule has 0 aromatic heterocycles. The summed E-state index contributed by atoms with van der Waals surface area (Å²) < 4.78 is 20.3. The first-order valence-electron chi connectivity index (χ1n) is 5.70. The molecule has 0 spiro atoms. The van der Waals surface area contributed by atoms with Crippen LogP contribution in [0.5, 0.6) is 0 Å². The molecule has 1 aromatic rings. The highest BCUT2D eigenvalue weighted by Crippen LogP contribution is 2.46. The number of hydrogen-bond acceptors (Lipinski definition) is 3. The normalized spacial score (nSPS) is 19.4. The van der Waals surface area contributed by atoms with Crippen molar-refractivity contribution in [2.24, 2.45) is 5.84 Å². The number of rotatable bonds is 4. The molecule has 0 heterocycles. The third-order valence-corrected chi connectivity index (χ3v) is 4.93. The zero-order valence-electron chi connectivity index (χ0n) is 9.97. The summed E-state index contributed by atoms with van der Waals surface area (Å²) in [7, 11) is 1.63. The van der Waals surface area contributed by atoms with Crippen molar-refractivity contribution in [2.45, 2.75) is 30.9 Å². The van der Waals surface area contributed by atoms with Crippen LogP contribution in [0, 0.1) is 5.82 Å². The number of nitrogens with two attached hydrogens (primary N) is 1. The maximum absolute atomic E-state index is 14.2. The van der Waals surface area contributed by atoms with Gasteiger partial charge in [-0.3, -0.25) is 5.84 Å². The molecule has 1 atom stereocenters. The number of ether oxygens (including phenoxy) is 1. The van der Waals surface area contributed by atoms with Crippen molar-refractivity contribution in [3.8, 4) is 0 Å². The fraction of sp³-hybridized carbons (Fsp3) is 0.500. The van der Waals surface area contributed by atoms with Crippen LogP contribution in [0.4, 0.5) is 4.39 Å². The second-order valence-electron chi connectivity index (χ2n) is 4.49. The molecule has 1 unspecified atom stereocenters. The van der Waals surface area contributed by atoms with Crippen LogP contribution >= 0.6 is 27.5 Å². The average Bonchev–Trinajstić information content (AvgIpc) is 2.32. The lowest BCUT2D eigenvalue weighted by atomic mass is 9.72. The van der Waals surface area contributed by atoms with Crippen LogP contribution < -0.4 is 11.3 Å². The predicted molar refractivity (Wildman–Crippen MR) is 72.8 cm³/mol. The van der Waals surface area contributed by atoms with Gasteiger partial charge in [0.1, 0.15) is 5.82 Å². The summed E-state index contributed by atoms with van der Waals surface area (Å²) in [4.78, 5) is 0. The van der Waals surface area contributed by atoms with Gasteiger partial charge in [-0.25, -0.2) is 9.82 Å². The molecule has 100 valence electrons. The third kappa shape index (κ3) is 2.18. The zero-order valence-corrected chi connectivity index (χ0v) is 12.3. The van der Waals surface area contributed by atoms with E-state index in [9.17, 15) is 4.39 Å². The zero-order chi connectivity index (χ0) is 13.3. The van der Waals surface area contributed by atoms with Crippen molar-refractivity contribution in [1.82, 2.24) is 5.43 Å². The van der Waals surface area contributed by atoms with Crippen LogP contribution in [-0.2, 0) is 4.74 Å². The fourth-order valence-electron chi connectivity index (χ4n) is 2.42. The Labute approximate surface area is 119 Å². The monoisotopic (exact) mass is 336 g/mol. The van der Waals surface area contributed by atoms with Crippen molar-refractivity contribution >= 4 is 27.5 Å². The molecule has 1 fully saturated rings. The molecule has 1 aliphatic carbocycles. The van der Waals surface area contributed by atoms with Crippen LogP contribution in [0.25, 0.3) is 0 Å². The van der Waals surface area contributed by atoms with Crippen LogP contribution in [0.1, 0.15) is 30.9 Å². The van der Waals surface area contributed by atoms with E-state index in [4.69, 9.17) is 22.2 Å². The Kier molecular flexibility index (Phi) is 4.29. The summed E-state index contributed by atoms with van der Waals surface area (Å²) >= 11 is 9.10. The molecule has 1 aliphatic rings. The molecule has 0 bridgehead atoms. The number of halogens is 3. The quantitative estimate of drug-likeness (QED) is 0.503. The molecule has 3 nitrogen and oxygen atoms in total. The Morgan fingerprint density at radius 1 is 1.56 bits per heavy atom. The smallest absolute Gasteiger partial charge is 0.147 e. The molecule has 18 heavy (non-hydrogen) atoms. The lowest BCUT2D eigenvalue weighted by Crippen LogP contribution is -2.52. The van der Waals surface area contributed by atoms with Crippen molar-refractivity contribution in [1.29, 1.82) is 0 Å². The lowest BCUT2D eigenvalue weighted by Gasteiger charge is -2.46. The minimum atomic E-state index is -0.461. The van der Waals surface area contributed by atoms with Gasteiger partial charge in [0.15, 0.2) is 0 Å². The van der Waals surface area contributed by atoms with Gasteiger partial charge in [-0.2, -0.15) is 0 Å². The van der Waals surface area contributed by atoms with Gasteiger partial charge in [0, 0.05) is 17.1 Å². The van der Waals surface area contributed by atoms with Crippen molar-refractivity contribution < 1.29 is 9.13 Å². The minimum Gasteiger partial charge on any atom is -0.376 e. The van der Waals surface area contributed by atoms with E-state index < -0.39 is 17.5 Å².